The molecule has 26 heavy (non-hydrogen) atoms. The number of nitrogens with zero attached hydrogens (tertiary/aromatic N) is 4. The Balaban J connectivity index is 1.63. The van der Waals surface area contributed by atoms with Crippen molar-refractivity contribution in [2.75, 3.05) is 7.05 Å². The molecule has 0 aliphatic carbocycles. The predicted molar refractivity (Wildman–Crippen MR) is 101 cm³/mol. The molecule has 6 nitrogen and oxygen atoms in total. The van der Waals surface area contributed by atoms with Crippen molar-refractivity contribution in [3.63, 3.8) is 0 Å². The van der Waals surface area contributed by atoms with Gasteiger partial charge in [0.05, 0.1) is 23.5 Å². The summed E-state index contributed by atoms with van der Waals surface area (Å²) < 4.78 is 1.80. The average molecular weight is 349 g/mol. The first kappa shape index (κ1) is 17.7. The molecular weight excluding hydrogens is 326 g/mol. The zero-order chi connectivity index (χ0) is 18.5. The highest BCUT2D eigenvalue weighted by atomic mass is 16.2. The molecule has 2 amide bonds. The Kier molecular flexibility index (Phi) is 5.31. The minimum absolute atomic E-state index is 0.104. The molecule has 134 valence electrons. The van der Waals surface area contributed by atoms with Crippen LogP contribution in [0.4, 0.5) is 4.79 Å². The lowest BCUT2D eigenvalue weighted by molar-refractivity contribution is 0.190. The molecule has 0 spiro atoms. The summed E-state index contributed by atoms with van der Waals surface area (Å²) >= 11 is 0. The summed E-state index contributed by atoms with van der Waals surface area (Å²) in [7, 11) is 1.78. The number of nitrogens with one attached hydrogen (secondary N) is 1. The third kappa shape index (κ3) is 3.91. The van der Waals surface area contributed by atoms with Crippen LogP contribution in [0.5, 0.6) is 0 Å². The number of benzene rings is 1. The van der Waals surface area contributed by atoms with Gasteiger partial charge in [-0.05, 0) is 49.7 Å². The maximum absolute atomic E-state index is 12.6. The van der Waals surface area contributed by atoms with Crippen molar-refractivity contribution in [2.24, 2.45) is 0 Å². The van der Waals surface area contributed by atoms with Crippen LogP contribution in [0.3, 0.4) is 0 Å². The molecule has 0 aliphatic heterocycles. The fourth-order valence-electron chi connectivity index (χ4n) is 2.71. The van der Waals surface area contributed by atoms with E-state index in [1.165, 1.54) is 0 Å². The molecule has 2 heterocycles. The second-order valence-electron chi connectivity index (χ2n) is 6.25. The Hall–Kier alpha value is -3.15. The van der Waals surface area contributed by atoms with E-state index in [2.05, 4.69) is 15.4 Å². The van der Waals surface area contributed by atoms with Gasteiger partial charge in [0, 0.05) is 25.6 Å². The number of rotatable bonds is 5. The van der Waals surface area contributed by atoms with Crippen molar-refractivity contribution in [2.45, 2.75) is 25.9 Å². The number of urea groups is 1. The summed E-state index contributed by atoms with van der Waals surface area (Å²) in [5, 5.41) is 7.25. The molecule has 0 bridgehead atoms. The van der Waals surface area contributed by atoms with Crippen LogP contribution in [0.25, 0.3) is 5.69 Å². The minimum atomic E-state index is -0.133. The minimum Gasteiger partial charge on any atom is -0.331 e. The molecule has 6 heteroatoms. The van der Waals surface area contributed by atoms with Gasteiger partial charge in [0.1, 0.15) is 0 Å². The fraction of sp³-hybridized carbons (Fsp3) is 0.250. The van der Waals surface area contributed by atoms with Crippen LogP contribution in [0.2, 0.25) is 0 Å². The Morgan fingerprint density at radius 3 is 2.46 bits per heavy atom. The number of carbonyl (C=O) groups is 1. The lowest BCUT2D eigenvalue weighted by Crippen LogP contribution is -2.40. The van der Waals surface area contributed by atoms with E-state index in [0.717, 1.165) is 16.9 Å². The third-order valence-corrected chi connectivity index (χ3v) is 4.52. The Morgan fingerprint density at radius 1 is 1.08 bits per heavy atom. The smallest absolute Gasteiger partial charge is 0.318 e. The SMILES string of the molecule is C[C@H](NC(=O)N(C)[C@@H](C)c1ccccn1)c1ccc(-n2cccn2)cc1. The first-order chi connectivity index (χ1) is 12.6. The first-order valence-electron chi connectivity index (χ1n) is 8.60. The van der Waals surface area contributed by atoms with Crippen molar-refractivity contribution in [3.8, 4) is 5.69 Å². The van der Waals surface area contributed by atoms with Gasteiger partial charge >= 0.3 is 6.03 Å². The van der Waals surface area contributed by atoms with E-state index < -0.39 is 0 Å². The first-order valence-corrected chi connectivity index (χ1v) is 8.60. The van der Waals surface area contributed by atoms with Crippen LogP contribution in [0.15, 0.2) is 67.1 Å². The van der Waals surface area contributed by atoms with Gasteiger partial charge in [0.15, 0.2) is 0 Å². The Labute approximate surface area is 153 Å². The Morgan fingerprint density at radius 2 is 1.85 bits per heavy atom. The zero-order valence-corrected chi connectivity index (χ0v) is 15.2. The van der Waals surface area contributed by atoms with Gasteiger partial charge in [-0.1, -0.05) is 18.2 Å². The van der Waals surface area contributed by atoms with Gasteiger partial charge in [-0.25, -0.2) is 9.48 Å². The standard InChI is InChI=1S/C20H23N5O/c1-15(17-8-10-18(11-9-17)25-14-6-13-22-25)23-20(26)24(3)16(2)19-7-4-5-12-21-19/h4-16H,1-3H3,(H,23,26)/t15-,16-/m0/s1. The molecule has 1 N–H and O–H groups in total. The van der Waals surface area contributed by atoms with E-state index in [-0.39, 0.29) is 18.1 Å². The summed E-state index contributed by atoms with van der Waals surface area (Å²) in [6, 6.07) is 15.2. The van der Waals surface area contributed by atoms with E-state index in [0.29, 0.717) is 0 Å². The number of carbonyl (C=O) groups excluding carboxylic acids is 1. The second-order valence-corrected chi connectivity index (χ2v) is 6.25. The van der Waals surface area contributed by atoms with Gasteiger partial charge in [0.2, 0.25) is 0 Å². The van der Waals surface area contributed by atoms with Crippen LogP contribution < -0.4 is 5.32 Å². The van der Waals surface area contributed by atoms with Crippen LogP contribution in [0, 0.1) is 0 Å². The molecule has 3 rings (SSSR count). The molecular formula is C20H23N5O. The van der Waals surface area contributed by atoms with Gasteiger partial charge in [-0.15, -0.1) is 0 Å². The fourth-order valence-corrected chi connectivity index (χ4v) is 2.71. The number of hydrogen-bond donors (Lipinski definition) is 1. The number of amides is 2. The van der Waals surface area contributed by atoms with E-state index in [4.69, 9.17) is 0 Å². The number of pyridine rings is 1. The van der Waals surface area contributed by atoms with Crippen molar-refractivity contribution in [1.29, 1.82) is 0 Å². The molecule has 2 atom stereocenters. The second kappa shape index (κ2) is 7.82. The maximum Gasteiger partial charge on any atom is 0.318 e. The summed E-state index contributed by atoms with van der Waals surface area (Å²) in [5.41, 5.74) is 2.88. The van der Waals surface area contributed by atoms with Gasteiger partial charge in [-0.3, -0.25) is 4.98 Å². The quantitative estimate of drug-likeness (QED) is 0.763. The van der Waals surface area contributed by atoms with Crippen molar-refractivity contribution in [1.82, 2.24) is 25.0 Å². The average Bonchev–Trinajstić information content (AvgIpc) is 3.22. The molecule has 0 unspecified atom stereocenters. The molecule has 0 radical (unpaired) electrons. The monoisotopic (exact) mass is 349 g/mol. The van der Waals surface area contributed by atoms with Crippen LogP contribution >= 0.6 is 0 Å². The Bertz CT molecular complexity index is 830. The van der Waals surface area contributed by atoms with Gasteiger partial charge in [0.25, 0.3) is 0 Å². The van der Waals surface area contributed by atoms with Gasteiger partial charge in [-0.2, -0.15) is 5.10 Å². The molecule has 0 saturated heterocycles. The highest BCUT2D eigenvalue weighted by Gasteiger charge is 2.20. The number of aromatic nitrogens is 3. The molecule has 0 saturated carbocycles. The van der Waals surface area contributed by atoms with E-state index in [9.17, 15) is 4.79 Å². The zero-order valence-electron chi connectivity index (χ0n) is 15.2. The van der Waals surface area contributed by atoms with Crippen molar-refractivity contribution in [3.05, 3.63) is 78.4 Å². The summed E-state index contributed by atoms with van der Waals surface area (Å²) in [5.74, 6) is 0. The summed E-state index contributed by atoms with van der Waals surface area (Å²) in [6.07, 6.45) is 5.38. The largest absolute Gasteiger partial charge is 0.331 e. The molecule has 0 aliphatic rings. The lowest BCUT2D eigenvalue weighted by Gasteiger charge is -2.26. The van der Waals surface area contributed by atoms with Crippen LogP contribution in [-0.4, -0.2) is 32.7 Å². The van der Waals surface area contributed by atoms with E-state index >= 15 is 0 Å². The van der Waals surface area contributed by atoms with E-state index in [1.54, 1.807) is 29.0 Å². The van der Waals surface area contributed by atoms with Crippen LogP contribution in [0.1, 0.15) is 37.2 Å². The van der Waals surface area contributed by atoms with Crippen molar-refractivity contribution < 1.29 is 4.79 Å². The molecule has 0 fully saturated rings. The maximum atomic E-state index is 12.6. The van der Waals surface area contributed by atoms with E-state index in [1.807, 2.05) is 68.6 Å². The summed E-state index contributed by atoms with van der Waals surface area (Å²) in [6.45, 7) is 3.94. The highest BCUT2D eigenvalue weighted by Crippen LogP contribution is 2.19. The molecule has 3 aromatic rings. The molecule has 2 aromatic heterocycles. The number of hydrogen-bond acceptors (Lipinski definition) is 3. The topological polar surface area (TPSA) is 63.1 Å². The normalized spacial score (nSPS) is 13.0. The highest BCUT2D eigenvalue weighted by molar-refractivity contribution is 5.74. The molecule has 1 aromatic carbocycles. The van der Waals surface area contributed by atoms with Crippen molar-refractivity contribution >= 4 is 6.03 Å². The predicted octanol–water partition coefficient (Wildman–Crippen LogP) is 3.73. The lowest BCUT2D eigenvalue weighted by atomic mass is 10.1. The van der Waals surface area contributed by atoms with Crippen LogP contribution in [-0.2, 0) is 0 Å². The summed E-state index contributed by atoms with van der Waals surface area (Å²) in [4.78, 5) is 18.6. The third-order valence-electron chi connectivity index (χ3n) is 4.52. The van der Waals surface area contributed by atoms with Gasteiger partial charge < -0.3 is 10.2 Å².